The molecule has 1 aromatic heterocycles. The third kappa shape index (κ3) is 2.01. The van der Waals surface area contributed by atoms with E-state index in [9.17, 15) is 0 Å². The van der Waals surface area contributed by atoms with Crippen molar-refractivity contribution >= 4 is 11.3 Å². The fourth-order valence-corrected chi connectivity index (χ4v) is 8.50. The first-order valence-electron chi connectivity index (χ1n) is 10.2. The molecule has 0 aromatic carbocycles. The van der Waals surface area contributed by atoms with Crippen LogP contribution in [0.3, 0.4) is 0 Å². The van der Waals surface area contributed by atoms with Gasteiger partial charge in [0.1, 0.15) is 0 Å². The van der Waals surface area contributed by atoms with E-state index in [-0.39, 0.29) is 0 Å². The summed E-state index contributed by atoms with van der Waals surface area (Å²) in [6, 6.07) is 0. The van der Waals surface area contributed by atoms with E-state index < -0.39 is 0 Å². The van der Waals surface area contributed by atoms with Crippen molar-refractivity contribution in [2.24, 2.45) is 28.6 Å². The smallest absolute Gasteiger partial charge is 0.0961 e. The van der Waals surface area contributed by atoms with Crippen molar-refractivity contribution in [1.82, 2.24) is 4.98 Å². The van der Waals surface area contributed by atoms with Gasteiger partial charge in [0, 0.05) is 17.5 Å². The molecule has 130 valence electrons. The normalized spacial score (nSPS) is 47.5. The monoisotopic (exact) mass is 341 g/mol. The van der Waals surface area contributed by atoms with Gasteiger partial charge in [-0.3, -0.25) is 0 Å². The summed E-state index contributed by atoms with van der Waals surface area (Å²) in [5, 5.41) is 3.61. The molecule has 2 heteroatoms. The number of allylic oxidation sites excluding steroid dienone is 2. The summed E-state index contributed by atoms with van der Waals surface area (Å²) in [5.74, 6) is 3.63. The molecule has 0 aliphatic heterocycles. The lowest BCUT2D eigenvalue weighted by Crippen LogP contribution is -2.49. The van der Waals surface area contributed by atoms with Crippen LogP contribution in [0.4, 0.5) is 0 Å². The van der Waals surface area contributed by atoms with E-state index in [1.165, 1.54) is 62.8 Å². The van der Waals surface area contributed by atoms with Crippen molar-refractivity contribution in [2.45, 2.75) is 77.6 Å². The van der Waals surface area contributed by atoms with Crippen LogP contribution in [0.1, 0.15) is 82.6 Å². The van der Waals surface area contributed by atoms with Crippen molar-refractivity contribution in [3.8, 4) is 0 Å². The number of rotatable bonds is 1. The van der Waals surface area contributed by atoms with E-state index in [2.05, 4.69) is 25.3 Å². The van der Waals surface area contributed by atoms with Crippen LogP contribution in [0, 0.1) is 28.6 Å². The second kappa shape index (κ2) is 5.43. The Hall–Kier alpha value is -0.630. The second-order valence-electron chi connectivity index (χ2n) is 9.50. The van der Waals surface area contributed by atoms with Gasteiger partial charge in [-0.2, -0.15) is 0 Å². The third-order valence-electron chi connectivity index (χ3n) is 8.78. The van der Waals surface area contributed by atoms with Crippen LogP contribution in [0.5, 0.6) is 0 Å². The van der Waals surface area contributed by atoms with E-state index in [1.807, 2.05) is 23.1 Å². The molecule has 5 rings (SSSR count). The summed E-state index contributed by atoms with van der Waals surface area (Å²) in [6.45, 7) is 5.26. The van der Waals surface area contributed by atoms with Crippen LogP contribution in [0.25, 0.3) is 0 Å². The zero-order valence-corrected chi connectivity index (χ0v) is 16.1. The van der Waals surface area contributed by atoms with Crippen molar-refractivity contribution in [2.75, 3.05) is 0 Å². The maximum absolute atomic E-state index is 4.73. The Balaban J connectivity index is 1.48. The number of hydrogen-bond donors (Lipinski definition) is 0. The first-order chi connectivity index (χ1) is 11.6. The van der Waals surface area contributed by atoms with Gasteiger partial charge in [-0.1, -0.05) is 25.5 Å². The zero-order valence-electron chi connectivity index (χ0n) is 15.3. The average Bonchev–Trinajstić information content (AvgIpc) is 3.20. The number of aromatic nitrogens is 1. The molecule has 4 aliphatic carbocycles. The Bertz CT molecular complexity index is 647. The van der Waals surface area contributed by atoms with Gasteiger partial charge in [0.05, 0.1) is 5.01 Å². The predicted octanol–water partition coefficient (Wildman–Crippen LogP) is 6.58. The Morgan fingerprint density at radius 2 is 2.00 bits per heavy atom. The molecule has 4 aliphatic rings. The molecule has 1 heterocycles. The first-order valence-corrected chi connectivity index (χ1v) is 11.1. The molecule has 0 bridgehead atoms. The topological polar surface area (TPSA) is 12.9 Å². The lowest BCUT2D eigenvalue weighted by Gasteiger charge is -2.58. The molecule has 6 atom stereocenters. The third-order valence-corrected chi connectivity index (χ3v) is 9.67. The molecular formula is C22H31NS. The summed E-state index contributed by atoms with van der Waals surface area (Å²) in [7, 11) is 0. The van der Waals surface area contributed by atoms with Gasteiger partial charge in [-0.25, -0.2) is 4.98 Å². The Morgan fingerprint density at radius 1 is 1.08 bits per heavy atom. The van der Waals surface area contributed by atoms with Crippen molar-refractivity contribution in [1.29, 1.82) is 0 Å². The molecule has 1 nitrogen and oxygen atoms in total. The van der Waals surface area contributed by atoms with E-state index in [0.29, 0.717) is 10.8 Å². The van der Waals surface area contributed by atoms with E-state index in [1.54, 1.807) is 0 Å². The SMILES string of the molecule is C[C@]12CC[C@H]3[C@@H](CCC4=CCCC[C@@]43C)[C@@H]1CC[C@@H]2c1nccs1. The minimum atomic E-state index is 0.519. The highest BCUT2D eigenvalue weighted by Gasteiger charge is 2.59. The summed E-state index contributed by atoms with van der Waals surface area (Å²) >= 11 is 1.90. The molecule has 0 unspecified atom stereocenters. The van der Waals surface area contributed by atoms with E-state index in [4.69, 9.17) is 4.98 Å². The van der Waals surface area contributed by atoms with Crippen molar-refractivity contribution in [3.05, 3.63) is 28.2 Å². The lowest BCUT2D eigenvalue weighted by molar-refractivity contribution is -0.0415. The van der Waals surface area contributed by atoms with Crippen LogP contribution in [0.2, 0.25) is 0 Å². The molecule has 0 N–H and O–H groups in total. The number of hydrogen-bond acceptors (Lipinski definition) is 2. The minimum absolute atomic E-state index is 0.519. The fourth-order valence-electron chi connectivity index (χ4n) is 7.57. The average molecular weight is 342 g/mol. The van der Waals surface area contributed by atoms with E-state index >= 15 is 0 Å². The van der Waals surface area contributed by atoms with Gasteiger partial charge in [0.2, 0.25) is 0 Å². The maximum Gasteiger partial charge on any atom is 0.0961 e. The minimum Gasteiger partial charge on any atom is -0.249 e. The molecule has 0 spiro atoms. The zero-order chi connectivity index (χ0) is 16.4. The largest absolute Gasteiger partial charge is 0.249 e. The molecule has 3 fully saturated rings. The lowest BCUT2D eigenvalue weighted by atomic mass is 9.47. The summed E-state index contributed by atoms with van der Waals surface area (Å²) in [4.78, 5) is 4.73. The van der Waals surface area contributed by atoms with Crippen LogP contribution in [0.15, 0.2) is 23.2 Å². The van der Waals surface area contributed by atoms with Gasteiger partial charge < -0.3 is 0 Å². The quantitative estimate of drug-likeness (QED) is 0.526. The first kappa shape index (κ1) is 15.6. The van der Waals surface area contributed by atoms with Gasteiger partial charge in [-0.05, 0) is 86.4 Å². The molecule has 1 aromatic rings. The predicted molar refractivity (Wildman–Crippen MR) is 101 cm³/mol. The van der Waals surface area contributed by atoms with Crippen LogP contribution >= 0.6 is 11.3 Å². The number of fused-ring (bicyclic) bond motifs is 5. The molecular weight excluding hydrogens is 310 g/mol. The van der Waals surface area contributed by atoms with Gasteiger partial charge in [0.15, 0.2) is 0 Å². The fraction of sp³-hybridized carbons (Fsp3) is 0.773. The summed E-state index contributed by atoms with van der Waals surface area (Å²) in [5.41, 5.74) is 2.90. The molecule has 3 saturated carbocycles. The van der Waals surface area contributed by atoms with E-state index in [0.717, 1.165) is 23.7 Å². The van der Waals surface area contributed by atoms with Gasteiger partial charge in [0.25, 0.3) is 0 Å². The second-order valence-corrected chi connectivity index (χ2v) is 10.4. The highest BCUT2D eigenvalue weighted by atomic mass is 32.1. The summed E-state index contributed by atoms with van der Waals surface area (Å²) < 4.78 is 0. The van der Waals surface area contributed by atoms with Gasteiger partial charge in [-0.15, -0.1) is 11.3 Å². The molecule has 0 saturated heterocycles. The molecule has 0 radical (unpaired) electrons. The maximum atomic E-state index is 4.73. The highest BCUT2D eigenvalue weighted by Crippen LogP contribution is 2.68. The highest BCUT2D eigenvalue weighted by molar-refractivity contribution is 7.09. The van der Waals surface area contributed by atoms with Gasteiger partial charge >= 0.3 is 0 Å². The Morgan fingerprint density at radius 3 is 2.83 bits per heavy atom. The summed E-state index contributed by atoms with van der Waals surface area (Å²) in [6.07, 6.45) is 17.5. The molecule has 0 amide bonds. The number of thiazole rings is 1. The Kier molecular flexibility index (Phi) is 3.53. The van der Waals surface area contributed by atoms with Crippen LogP contribution in [-0.4, -0.2) is 4.98 Å². The van der Waals surface area contributed by atoms with Crippen molar-refractivity contribution < 1.29 is 0 Å². The van der Waals surface area contributed by atoms with Crippen LogP contribution in [-0.2, 0) is 0 Å². The standard InChI is InChI=1S/C22H31NS/c1-21-11-4-3-5-15(21)6-7-16-17-8-9-19(20-23-13-14-24-20)22(17,2)12-10-18(16)21/h5,13-14,16-19H,3-4,6-12H2,1-2H3/t16-,17-,18-,19+,21-,22-/m0/s1. The van der Waals surface area contributed by atoms with Crippen LogP contribution < -0.4 is 0 Å². The molecule has 24 heavy (non-hydrogen) atoms. The Labute approximate surface area is 151 Å². The van der Waals surface area contributed by atoms with Crippen molar-refractivity contribution in [3.63, 3.8) is 0 Å². The number of nitrogens with zero attached hydrogens (tertiary/aromatic N) is 1.